The highest BCUT2D eigenvalue weighted by Crippen LogP contribution is 2.26. The monoisotopic (exact) mass is 379 g/mol. The minimum Gasteiger partial charge on any atom is -0.481 e. The van der Waals surface area contributed by atoms with Crippen LogP contribution in [-0.2, 0) is 4.79 Å². The lowest BCUT2D eigenvalue weighted by molar-refractivity contribution is -0.127. The first kappa shape index (κ1) is 19.3. The summed E-state index contributed by atoms with van der Waals surface area (Å²) in [6.07, 6.45) is -0.697. The molecule has 0 radical (unpaired) electrons. The fraction of sp³-hybridized carbons (Fsp3) is 0.263. The van der Waals surface area contributed by atoms with Gasteiger partial charge in [0.25, 0.3) is 5.91 Å². The Hall–Kier alpha value is -2.04. The minimum atomic E-state index is -0.697. The smallest absolute Gasteiger partial charge is 0.261 e. The molecule has 2 atom stereocenters. The van der Waals surface area contributed by atoms with Crippen LogP contribution >= 0.6 is 23.2 Å². The zero-order valence-corrected chi connectivity index (χ0v) is 15.7. The molecule has 0 bridgehead atoms. The average molecular weight is 380 g/mol. The summed E-state index contributed by atoms with van der Waals surface area (Å²) in [5, 5.41) is 3.89. The molecule has 0 aromatic heterocycles. The molecule has 2 aromatic rings. The summed E-state index contributed by atoms with van der Waals surface area (Å²) in [5.41, 5.74) is 1.37. The Morgan fingerprint density at radius 2 is 1.68 bits per heavy atom. The topological polar surface area (TPSA) is 55.4 Å². The number of benzene rings is 2. The predicted molar refractivity (Wildman–Crippen MR) is 99.6 cm³/mol. The van der Waals surface area contributed by atoms with Gasteiger partial charge in [0.05, 0.1) is 6.04 Å². The molecule has 0 unspecified atom stereocenters. The number of hydrogen-bond donors (Lipinski definition) is 1. The molecule has 1 amide bonds. The van der Waals surface area contributed by atoms with Crippen molar-refractivity contribution in [3.05, 3.63) is 63.6 Å². The molecule has 6 heteroatoms. The van der Waals surface area contributed by atoms with Gasteiger partial charge in [-0.05, 0) is 62.7 Å². The lowest BCUT2D eigenvalue weighted by Gasteiger charge is -2.20. The van der Waals surface area contributed by atoms with Gasteiger partial charge in [0, 0.05) is 15.6 Å². The Balaban J connectivity index is 1.98. The molecule has 0 spiro atoms. The van der Waals surface area contributed by atoms with Crippen LogP contribution in [0.25, 0.3) is 0 Å². The van der Waals surface area contributed by atoms with E-state index in [9.17, 15) is 9.59 Å². The molecule has 2 rings (SSSR count). The average Bonchev–Trinajstić information content (AvgIpc) is 2.55. The zero-order valence-electron chi connectivity index (χ0n) is 14.2. The Labute approximate surface area is 157 Å². The summed E-state index contributed by atoms with van der Waals surface area (Å²) in [4.78, 5) is 23.6. The van der Waals surface area contributed by atoms with Crippen LogP contribution in [0.2, 0.25) is 10.0 Å². The molecule has 0 heterocycles. The molecule has 0 aliphatic carbocycles. The number of carbonyl (C=O) groups excluding carboxylic acids is 2. The van der Waals surface area contributed by atoms with E-state index >= 15 is 0 Å². The third-order valence-corrected chi connectivity index (χ3v) is 4.29. The van der Waals surface area contributed by atoms with Crippen LogP contribution in [0.15, 0.2) is 42.5 Å². The maximum atomic E-state index is 12.3. The SMILES string of the molecule is CC(=O)c1ccc(O[C@@H](C)C(=O)N[C@H](C)c2ccc(Cl)cc2Cl)cc1. The molecule has 25 heavy (non-hydrogen) atoms. The van der Waals surface area contributed by atoms with Crippen LogP contribution < -0.4 is 10.1 Å². The number of hydrogen-bond acceptors (Lipinski definition) is 3. The number of ketones is 1. The second-order valence-electron chi connectivity index (χ2n) is 5.74. The van der Waals surface area contributed by atoms with Crippen LogP contribution in [0.3, 0.4) is 0 Å². The van der Waals surface area contributed by atoms with Crippen molar-refractivity contribution in [2.45, 2.75) is 32.9 Å². The molecule has 0 saturated heterocycles. The van der Waals surface area contributed by atoms with Gasteiger partial charge in [0.15, 0.2) is 11.9 Å². The molecular weight excluding hydrogens is 361 g/mol. The normalized spacial score (nSPS) is 13.0. The van der Waals surface area contributed by atoms with Gasteiger partial charge in [-0.2, -0.15) is 0 Å². The Morgan fingerprint density at radius 1 is 1.04 bits per heavy atom. The fourth-order valence-electron chi connectivity index (χ4n) is 2.29. The van der Waals surface area contributed by atoms with Crippen LogP contribution in [0.4, 0.5) is 0 Å². The molecule has 4 nitrogen and oxygen atoms in total. The molecule has 132 valence electrons. The van der Waals surface area contributed by atoms with E-state index in [4.69, 9.17) is 27.9 Å². The number of nitrogens with one attached hydrogen (secondary N) is 1. The first-order valence-corrected chi connectivity index (χ1v) is 8.56. The van der Waals surface area contributed by atoms with Gasteiger partial charge in [-0.1, -0.05) is 29.3 Å². The summed E-state index contributed by atoms with van der Waals surface area (Å²) < 4.78 is 5.62. The number of amides is 1. The Bertz CT molecular complexity index is 775. The zero-order chi connectivity index (χ0) is 18.6. The van der Waals surface area contributed by atoms with Crippen LogP contribution in [-0.4, -0.2) is 17.8 Å². The van der Waals surface area contributed by atoms with Crippen LogP contribution in [0.1, 0.15) is 42.7 Å². The van der Waals surface area contributed by atoms with E-state index < -0.39 is 6.10 Å². The molecular formula is C19H19Cl2NO3. The van der Waals surface area contributed by atoms with Gasteiger partial charge in [0.1, 0.15) is 5.75 Å². The third kappa shape index (κ3) is 5.21. The van der Waals surface area contributed by atoms with E-state index in [0.29, 0.717) is 21.4 Å². The third-order valence-electron chi connectivity index (χ3n) is 3.73. The number of ether oxygens (including phenoxy) is 1. The van der Waals surface area contributed by atoms with Crippen molar-refractivity contribution in [3.63, 3.8) is 0 Å². The van der Waals surface area contributed by atoms with Gasteiger partial charge < -0.3 is 10.1 Å². The molecule has 1 N–H and O–H groups in total. The van der Waals surface area contributed by atoms with Crippen LogP contribution in [0.5, 0.6) is 5.75 Å². The lowest BCUT2D eigenvalue weighted by atomic mass is 10.1. The second-order valence-corrected chi connectivity index (χ2v) is 6.58. The summed E-state index contributed by atoms with van der Waals surface area (Å²) in [7, 11) is 0. The Morgan fingerprint density at radius 3 is 2.24 bits per heavy atom. The van der Waals surface area contributed by atoms with Gasteiger partial charge in [0.2, 0.25) is 0 Å². The van der Waals surface area contributed by atoms with Crippen molar-refractivity contribution in [1.29, 1.82) is 0 Å². The number of rotatable bonds is 6. The lowest BCUT2D eigenvalue weighted by Crippen LogP contribution is -2.37. The minimum absolute atomic E-state index is 0.0222. The first-order chi connectivity index (χ1) is 11.8. The van der Waals surface area contributed by atoms with E-state index in [-0.39, 0.29) is 17.7 Å². The van der Waals surface area contributed by atoms with Crippen molar-refractivity contribution in [3.8, 4) is 5.75 Å². The van der Waals surface area contributed by atoms with Crippen molar-refractivity contribution in [1.82, 2.24) is 5.32 Å². The highest BCUT2D eigenvalue weighted by molar-refractivity contribution is 6.35. The van der Waals surface area contributed by atoms with Crippen LogP contribution in [0, 0.1) is 0 Å². The van der Waals surface area contributed by atoms with Gasteiger partial charge in [-0.25, -0.2) is 0 Å². The van der Waals surface area contributed by atoms with Gasteiger partial charge in [-0.3, -0.25) is 9.59 Å². The predicted octanol–water partition coefficient (Wildman–Crippen LogP) is 4.84. The molecule has 0 aliphatic heterocycles. The molecule has 0 saturated carbocycles. The quantitative estimate of drug-likeness (QED) is 0.730. The largest absolute Gasteiger partial charge is 0.481 e. The number of Topliss-reactive ketones (excluding diaryl/α,β-unsaturated/α-hetero) is 1. The van der Waals surface area contributed by atoms with Crippen molar-refractivity contribution < 1.29 is 14.3 Å². The molecule has 0 aliphatic rings. The van der Waals surface area contributed by atoms with E-state index in [0.717, 1.165) is 5.56 Å². The maximum Gasteiger partial charge on any atom is 0.261 e. The number of carbonyl (C=O) groups is 2. The summed E-state index contributed by atoms with van der Waals surface area (Å²) >= 11 is 12.0. The summed E-state index contributed by atoms with van der Waals surface area (Å²) in [6, 6.07) is 11.5. The van der Waals surface area contributed by atoms with Gasteiger partial charge in [-0.15, -0.1) is 0 Å². The highest BCUT2D eigenvalue weighted by atomic mass is 35.5. The summed E-state index contributed by atoms with van der Waals surface area (Å²) in [5.74, 6) is 0.227. The standard InChI is InChI=1S/C19H19Cl2NO3/c1-11(17-9-6-15(20)10-18(17)21)22-19(24)13(3)25-16-7-4-14(5-8-16)12(2)23/h4-11,13H,1-3H3,(H,22,24)/t11-,13+/m1/s1. The van der Waals surface area contributed by atoms with E-state index in [2.05, 4.69) is 5.32 Å². The second kappa shape index (κ2) is 8.37. The van der Waals surface area contributed by atoms with E-state index in [1.807, 2.05) is 6.92 Å². The van der Waals surface area contributed by atoms with Crippen molar-refractivity contribution in [2.75, 3.05) is 0 Å². The van der Waals surface area contributed by atoms with Gasteiger partial charge >= 0.3 is 0 Å². The van der Waals surface area contributed by atoms with Crippen molar-refractivity contribution >= 4 is 34.9 Å². The summed E-state index contributed by atoms with van der Waals surface area (Å²) in [6.45, 7) is 4.99. The number of halogens is 2. The van der Waals surface area contributed by atoms with E-state index in [1.54, 1.807) is 49.4 Å². The van der Waals surface area contributed by atoms with Crippen molar-refractivity contribution in [2.24, 2.45) is 0 Å². The Kier molecular flexibility index (Phi) is 6.45. The molecule has 0 fully saturated rings. The maximum absolute atomic E-state index is 12.3. The first-order valence-electron chi connectivity index (χ1n) is 7.81. The van der Waals surface area contributed by atoms with E-state index in [1.165, 1.54) is 6.92 Å². The molecule has 2 aromatic carbocycles. The fourth-order valence-corrected chi connectivity index (χ4v) is 2.86. The highest BCUT2D eigenvalue weighted by Gasteiger charge is 2.19.